The zero-order valence-corrected chi connectivity index (χ0v) is 21.0. The molecule has 0 spiro atoms. The van der Waals surface area contributed by atoms with Gasteiger partial charge in [-0.15, -0.1) is 0 Å². The number of rotatable bonds is 7. The minimum atomic E-state index is -0.434. The molecule has 1 saturated heterocycles. The molecule has 4 aromatic rings. The van der Waals surface area contributed by atoms with E-state index < -0.39 is 5.82 Å². The molecule has 2 aromatic carbocycles. The first-order chi connectivity index (χ1) is 18.0. The quantitative estimate of drug-likeness (QED) is 0.362. The van der Waals surface area contributed by atoms with E-state index in [2.05, 4.69) is 9.97 Å². The summed E-state index contributed by atoms with van der Waals surface area (Å²) in [4.78, 5) is 22.1. The number of aromatic nitrogens is 2. The molecule has 1 aliphatic rings. The topological polar surface area (TPSA) is 85.9 Å². The van der Waals surface area contributed by atoms with Crippen LogP contribution in [0.25, 0.3) is 21.8 Å². The van der Waals surface area contributed by atoms with Crippen LogP contribution in [-0.4, -0.2) is 60.8 Å². The molecule has 1 amide bonds. The van der Waals surface area contributed by atoms with E-state index in [-0.39, 0.29) is 24.7 Å². The molecule has 0 saturated carbocycles. The third kappa shape index (κ3) is 5.46. The minimum Gasteiger partial charge on any atom is -0.493 e. The average molecular weight is 508 g/mol. The van der Waals surface area contributed by atoms with Crippen LogP contribution in [0, 0.1) is 12.7 Å². The summed E-state index contributed by atoms with van der Waals surface area (Å²) < 4.78 is 38.1. The predicted molar refractivity (Wildman–Crippen MR) is 138 cm³/mol. The number of halogens is 1. The number of H-pyrrole nitrogens is 1. The second-order valence-electron chi connectivity index (χ2n) is 9.02. The van der Waals surface area contributed by atoms with E-state index in [0.29, 0.717) is 65.4 Å². The Bertz CT molecular complexity index is 1410. The van der Waals surface area contributed by atoms with Crippen LogP contribution in [0.3, 0.4) is 0 Å². The van der Waals surface area contributed by atoms with Gasteiger partial charge < -0.3 is 28.8 Å². The summed E-state index contributed by atoms with van der Waals surface area (Å²) in [6.07, 6.45) is 3.53. The fraction of sp³-hybridized carbons (Fsp3) is 0.357. The molecule has 37 heavy (non-hydrogen) atoms. The number of benzene rings is 2. The van der Waals surface area contributed by atoms with Crippen LogP contribution in [0.4, 0.5) is 4.39 Å². The Balaban J connectivity index is 1.33. The molecule has 1 N–H and O–H groups in total. The lowest BCUT2D eigenvalue weighted by atomic mass is 10.1. The Morgan fingerprint density at radius 3 is 2.65 bits per heavy atom. The number of nitrogens with zero attached hydrogens (tertiary/aromatic N) is 2. The molecule has 0 unspecified atom stereocenters. The highest BCUT2D eigenvalue weighted by atomic mass is 19.1. The number of carbonyl (C=O) groups is 1. The standard InChI is InChI=1S/C28H30FN3O5/c1-18-15-20-21(31-18)5-6-24(28(20)29)37-23-7-9-30-22-17-26(25(34-2)16-19(22)23)36-14-8-27(33)32-10-3-12-35-13-4-11-32/h5-7,9,15-17,31H,3-4,8,10-14H2,1-2H3. The van der Waals surface area contributed by atoms with Crippen LogP contribution in [-0.2, 0) is 9.53 Å². The third-order valence-electron chi connectivity index (χ3n) is 6.40. The van der Waals surface area contributed by atoms with Crippen molar-refractivity contribution in [2.24, 2.45) is 0 Å². The van der Waals surface area contributed by atoms with Gasteiger partial charge in [-0.05, 0) is 50.1 Å². The Hall–Kier alpha value is -3.85. The van der Waals surface area contributed by atoms with Crippen LogP contribution >= 0.6 is 0 Å². The summed E-state index contributed by atoms with van der Waals surface area (Å²) in [5.74, 6) is 1.13. The van der Waals surface area contributed by atoms with Gasteiger partial charge in [0.05, 0.1) is 25.7 Å². The lowest BCUT2D eigenvalue weighted by molar-refractivity contribution is -0.132. The number of amides is 1. The van der Waals surface area contributed by atoms with Crippen molar-refractivity contribution in [2.45, 2.75) is 26.2 Å². The largest absolute Gasteiger partial charge is 0.493 e. The van der Waals surface area contributed by atoms with Crippen LogP contribution in [0.15, 0.2) is 42.6 Å². The predicted octanol–water partition coefficient (Wildman–Crippen LogP) is 5.37. The van der Waals surface area contributed by atoms with Gasteiger partial charge in [-0.3, -0.25) is 9.78 Å². The molecule has 8 nitrogen and oxygen atoms in total. The first-order valence-corrected chi connectivity index (χ1v) is 12.4. The number of aryl methyl sites for hydroxylation is 1. The number of nitrogens with one attached hydrogen (secondary N) is 1. The van der Waals surface area contributed by atoms with Crippen molar-refractivity contribution >= 4 is 27.7 Å². The summed E-state index contributed by atoms with van der Waals surface area (Å²) in [7, 11) is 1.54. The van der Waals surface area contributed by atoms with Crippen molar-refractivity contribution < 1.29 is 28.1 Å². The van der Waals surface area contributed by atoms with Gasteiger partial charge in [0.15, 0.2) is 23.1 Å². The van der Waals surface area contributed by atoms with Crippen molar-refractivity contribution in [1.82, 2.24) is 14.9 Å². The van der Waals surface area contributed by atoms with Gasteiger partial charge in [0.1, 0.15) is 5.75 Å². The number of aromatic amines is 1. The van der Waals surface area contributed by atoms with Crippen molar-refractivity contribution in [3.63, 3.8) is 0 Å². The maximum absolute atomic E-state index is 15.1. The van der Waals surface area contributed by atoms with Gasteiger partial charge in [-0.2, -0.15) is 0 Å². The summed E-state index contributed by atoms with van der Waals surface area (Å²) in [6, 6.07) is 10.3. The molecule has 2 aromatic heterocycles. The van der Waals surface area contributed by atoms with Gasteiger partial charge in [-0.1, -0.05) is 0 Å². The molecular weight excluding hydrogens is 477 g/mol. The Kier molecular flexibility index (Phi) is 7.41. The number of ether oxygens (including phenoxy) is 4. The van der Waals surface area contributed by atoms with E-state index in [1.165, 1.54) is 0 Å². The lowest BCUT2D eigenvalue weighted by Gasteiger charge is -2.25. The normalized spacial score (nSPS) is 14.4. The van der Waals surface area contributed by atoms with Gasteiger partial charge >= 0.3 is 0 Å². The van der Waals surface area contributed by atoms with E-state index >= 15 is 4.39 Å². The zero-order chi connectivity index (χ0) is 25.8. The van der Waals surface area contributed by atoms with Crippen molar-refractivity contribution in [2.75, 3.05) is 40.0 Å². The van der Waals surface area contributed by atoms with Crippen molar-refractivity contribution in [3.05, 3.63) is 54.1 Å². The summed E-state index contributed by atoms with van der Waals surface area (Å²) in [5, 5.41) is 1.12. The molecule has 1 aliphatic heterocycles. The van der Waals surface area contributed by atoms with Crippen LogP contribution in [0.5, 0.6) is 23.0 Å². The van der Waals surface area contributed by atoms with Gasteiger partial charge in [0.2, 0.25) is 5.91 Å². The van der Waals surface area contributed by atoms with E-state index in [4.69, 9.17) is 18.9 Å². The smallest absolute Gasteiger partial charge is 0.226 e. The monoisotopic (exact) mass is 507 g/mol. The van der Waals surface area contributed by atoms with Crippen LogP contribution in [0.1, 0.15) is 25.0 Å². The van der Waals surface area contributed by atoms with E-state index in [0.717, 1.165) is 18.5 Å². The third-order valence-corrected chi connectivity index (χ3v) is 6.40. The fourth-order valence-corrected chi connectivity index (χ4v) is 4.56. The lowest BCUT2D eigenvalue weighted by Crippen LogP contribution is -2.36. The molecule has 194 valence electrons. The first kappa shape index (κ1) is 24.8. The average Bonchev–Trinajstić information content (AvgIpc) is 3.26. The number of methoxy groups -OCH3 is 1. The molecule has 0 bridgehead atoms. The molecule has 5 rings (SSSR count). The SMILES string of the molecule is COc1cc2c(Oc3ccc4[nH]c(C)cc4c3F)ccnc2cc1OCCC(=O)N1CCCOCCC1. The maximum atomic E-state index is 15.1. The summed E-state index contributed by atoms with van der Waals surface area (Å²) >= 11 is 0. The highest BCUT2D eigenvalue weighted by Gasteiger charge is 2.18. The molecule has 3 heterocycles. The highest BCUT2D eigenvalue weighted by molar-refractivity contribution is 5.89. The van der Waals surface area contributed by atoms with E-state index in [9.17, 15) is 4.79 Å². The summed E-state index contributed by atoms with van der Waals surface area (Å²) in [5.41, 5.74) is 2.18. The number of fused-ring (bicyclic) bond motifs is 2. The zero-order valence-electron chi connectivity index (χ0n) is 21.0. The van der Waals surface area contributed by atoms with Crippen molar-refractivity contribution in [3.8, 4) is 23.0 Å². The summed E-state index contributed by atoms with van der Waals surface area (Å²) in [6.45, 7) is 4.85. The van der Waals surface area contributed by atoms with Crippen LogP contribution < -0.4 is 14.2 Å². The molecule has 0 radical (unpaired) electrons. The minimum absolute atomic E-state index is 0.0621. The first-order valence-electron chi connectivity index (χ1n) is 12.4. The molecule has 0 atom stereocenters. The second-order valence-corrected chi connectivity index (χ2v) is 9.02. The molecule has 0 aliphatic carbocycles. The molecule has 9 heteroatoms. The molecular formula is C28H30FN3O5. The number of carbonyl (C=O) groups excluding carboxylic acids is 1. The Morgan fingerprint density at radius 2 is 1.86 bits per heavy atom. The fourth-order valence-electron chi connectivity index (χ4n) is 4.56. The van der Waals surface area contributed by atoms with Crippen molar-refractivity contribution in [1.29, 1.82) is 0 Å². The second kappa shape index (κ2) is 11.0. The van der Waals surface area contributed by atoms with Gasteiger partial charge in [0.25, 0.3) is 0 Å². The number of hydrogen-bond acceptors (Lipinski definition) is 6. The van der Waals surface area contributed by atoms with Gasteiger partial charge in [0, 0.05) is 60.5 Å². The van der Waals surface area contributed by atoms with Crippen LogP contribution in [0.2, 0.25) is 0 Å². The van der Waals surface area contributed by atoms with E-state index in [1.54, 1.807) is 49.7 Å². The Labute approximate surface area is 214 Å². The Morgan fingerprint density at radius 1 is 1.05 bits per heavy atom. The van der Waals surface area contributed by atoms with Gasteiger partial charge in [-0.25, -0.2) is 4.39 Å². The highest BCUT2D eigenvalue weighted by Crippen LogP contribution is 2.38. The number of pyridine rings is 1. The molecule has 1 fully saturated rings. The number of hydrogen-bond donors (Lipinski definition) is 1. The van der Waals surface area contributed by atoms with E-state index in [1.807, 2.05) is 11.8 Å². The maximum Gasteiger partial charge on any atom is 0.226 e.